The van der Waals surface area contributed by atoms with Crippen LogP contribution in [-0.4, -0.2) is 11.7 Å². The van der Waals surface area contributed by atoms with Crippen LogP contribution in [0.4, 0.5) is 14.5 Å². The summed E-state index contributed by atoms with van der Waals surface area (Å²) in [5.41, 5.74) is 3.57. The van der Waals surface area contributed by atoms with Crippen molar-refractivity contribution in [2.24, 2.45) is 0 Å². The maximum absolute atomic E-state index is 13.6. The van der Waals surface area contributed by atoms with Gasteiger partial charge < -0.3 is 10.4 Å². The van der Waals surface area contributed by atoms with E-state index >= 15 is 0 Å². The van der Waals surface area contributed by atoms with Crippen LogP contribution in [0, 0.1) is 11.6 Å². The Morgan fingerprint density at radius 1 is 1.05 bits per heavy atom. The summed E-state index contributed by atoms with van der Waals surface area (Å²) in [6, 6.07) is 9.21. The van der Waals surface area contributed by atoms with E-state index in [1.165, 1.54) is 17.5 Å². The second-order valence-corrected chi connectivity index (χ2v) is 5.40. The van der Waals surface area contributed by atoms with Gasteiger partial charge in [0.25, 0.3) is 0 Å². The van der Waals surface area contributed by atoms with E-state index in [0.717, 1.165) is 36.7 Å². The molecule has 2 aromatic carbocycles. The van der Waals surface area contributed by atoms with E-state index < -0.39 is 17.7 Å². The first-order valence-electron chi connectivity index (χ1n) is 7.12. The average molecular weight is 289 g/mol. The summed E-state index contributed by atoms with van der Waals surface area (Å²) < 4.78 is 26.7. The normalized spacial score (nSPS) is 14.8. The third kappa shape index (κ3) is 3.05. The van der Waals surface area contributed by atoms with Crippen molar-refractivity contribution in [2.75, 3.05) is 11.9 Å². The molecule has 0 spiro atoms. The predicted molar refractivity (Wildman–Crippen MR) is 78.3 cm³/mol. The first-order valence-corrected chi connectivity index (χ1v) is 7.12. The fourth-order valence-corrected chi connectivity index (χ4v) is 2.78. The highest BCUT2D eigenvalue weighted by molar-refractivity contribution is 5.50. The molecule has 0 amide bonds. The second kappa shape index (κ2) is 5.82. The zero-order valence-corrected chi connectivity index (χ0v) is 11.6. The number of hydrogen-bond acceptors (Lipinski definition) is 2. The lowest BCUT2D eigenvalue weighted by molar-refractivity contribution is 0.186. The van der Waals surface area contributed by atoms with Crippen LogP contribution in [0.2, 0.25) is 0 Å². The van der Waals surface area contributed by atoms with Crippen molar-refractivity contribution in [2.45, 2.75) is 25.4 Å². The highest BCUT2D eigenvalue weighted by Gasteiger charge is 2.15. The third-order valence-electron chi connectivity index (χ3n) is 3.92. The molecule has 0 radical (unpaired) electrons. The third-order valence-corrected chi connectivity index (χ3v) is 3.92. The van der Waals surface area contributed by atoms with E-state index in [-0.39, 0.29) is 12.1 Å². The minimum atomic E-state index is -1.09. The Morgan fingerprint density at radius 3 is 2.71 bits per heavy atom. The van der Waals surface area contributed by atoms with Crippen LogP contribution in [0.1, 0.15) is 29.2 Å². The van der Waals surface area contributed by atoms with E-state index in [1.807, 2.05) is 6.07 Å². The summed E-state index contributed by atoms with van der Waals surface area (Å²) in [7, 11) is 0. The molecule has 0 saturated carbocycles. The summed E-state index contributed by atoms with van der Waals surface area (Å²) in [6.07, 6.45) is 2.28. The number of aryl methyl sites for hydroxylation is 2. The van der Waals surface area contributed by atoms with Gasteiger partial charge >= 0.3 is 0 Å². The van der Waals surface area contributed by atoms with Crippen LogP contribution in [0.3, 0.4) is 0 Å². The Labute approximate surface area is 122 Å². The number of halogens is 2. The number of fused-ring (bicyclic) bond motifs is 1. The van der Waals surface area contributed by atoms with Gasteiger partial charge in [-0.3, -0.25) is 0 Å². The zero-order chi connectivity index (χ0) is 14.8. The van der Waals surface area contributed by atoms with Gasteiger partial charge in [-0.25, -0.2) is 8.78 Å². The molecule has 110 valence electrons. The van der Waals surface area contributed by atoms with Crippen LogP contribution < -0.4 is 5.32 Å². The maximum atomic E-state index is 13.6. The number of aliphatic hydroxyl groups is 1. The molecule has 2 nitrogen and oxygen atoms in total. The first-order chi connectivity index (χ1) is 10.1. The SMILES string of the molecule is OC(CNc1ccc2c(c1)CCC2)c1cc(F)ccc1F. The van der Waals surface area contributed by atoms with E-state index in [2.05, 4.69) is 17.4 Å². The van der Waals surface area contributed by atoms with Gasteiger partial charge in [0.2, 0.25) is 0 Å². The number of rotatable bonds is 4. The molecule has 2 aromatic rings. The molecular formula is C17H17F2NO. The van der Waals surface area contributed by atoms with Gasteiger partial charge in [0.05, 0.1) is 6.10 Å². The molecule has 0 aliphatic heterocycles. The topological polar surface area (TPSA) is 32.3 Å². The highest BCUT2D eigenvalue weighted by Crippen LogP contribution is 2.25. The fraction of sp³-hybridized carbons (Fsp3) is 0.294. The number of nitrogens with one attached hydrogen (secondary N) is 1. The lowest BCUT2D eigenvalue weighted by atomic mass is 10.1. The standard InChI is InChI=1S/C17H17F2NO/c18-13-5-7-16(19)15(9-13)17(21)10-20-14-6-4-11-2-1-3-12(11)8-14/h4-9,17,20-21H,1-3,10H2. The monoisotopic (exact) mass is 289 g/mol. The Hall–Kier alpha value is -1.94. The van der Waals surface area contributed by atoms with Gasteiger partial charge in [-0.1, -0.05) is 6.07 Å². The molecule has 0 saturated heterocycles. The number of benzene rings is 2. The van der Waals surface area contributed by atoms with Gasteiger partial charge in [-0.05, 0) is 60.7 Å². The zero-order valence-electron chi connectivity index (χ0n) is 11.6. The summed E-state index contributed by atoms with van der Waals surface area (Å²) in [5, 5.41) is 13.1. The van der Waals surface area contributed by atoms with Crippen LogP contribution in [-0.2, 0) is 12.8 Å². The molecule has 1 atom stereocenters. The molecule has 3 rings (SSSR count). The lowest BCUT2D eigenvalue weighted by Gasteiger charge is -2.15. The van der Waals surface area contributed by atoms with Crippen molar-refractivity contribution in [3.8, 4) is 0 Å². The largest absolute Gasteiger partial charge is 0.386 e. The minimum absolute atomic E-state index is 0.0244. The molecule has 4 heteroatoms. The van der Waals surface area contributed by atoms with E-state index in [0.29, 0.717) is 0 Å². The Bertz CT molecular complexity index is 657. The van der Waals surface area contributed by atoms with E-state index in [4.69, 9.17) is 0 Å². The number of anilines is 1. The second-order valence-electron chi connectivity index (χ2n) is 5.40. The Balaban J connectivity index is 1.68. The summed E-state index contributed by atoms with van der Waals surface area (Å²) in [6.45, 7) is 0.138. The van der Waals surface area contributed by atoms with Crippen molar-refractivity contribution in [1.82, 2.24) is 0 Å². The van der Waals surface area contributed by atoms with E-state index in [9.17, 15) is 13.9 Å². The molecule has 0 bridgehead atoms. The smallest absolute Gasteiger partial charge is 0.129 e. The minimum Gasteiger partial charge on any atom is -0.386 e. The molecule has 21 heavy (non-hydrogen) atoms. The predicted octanol–water partition coefficient (Wildman–Crippen LogP) is 3.60. The number of hydrogen-bond donors (Lipinski definition) is 2. The van der Waals surface area contributed by atoms with Crippen LogP contribution in [0.5, 0.6) is 0 Å². The van der Waals surface area contributed by atoms with Crippen LogP contribution >= 0.6 is 0 Å². The summed E-state index contributed by atoms with van der Waals surface area (Å²) in [4.78, 5) is 0. The van der Waals surface area contributed by atoms with Crippen molar-refractivity contribution in [3.63, 3.8) is 0 Å². The molecule has 0 heterocycles. The lowest BCUT2D eigenvalue weighted by Crippen LogP contribution is -2.14. The van der Waals surface area contributed by atoms with Gasteiger partial charge in [0.1, 0.15) is 11.6 Å². The highest BCUT2D eigenvalue weighted by atomic mass is 19.1. The first kappa shape index (κ1) is 14.0. The van der Waals surface area contributed by atoms with E-state index in [1.54, 1.807) is 0 Å². The molecule has 1 unspecified atom stereocenters. The van der Waals surface area contributed by atoms with Crippen molar-refractivity contribution in [3.05, 3.63) is 64.7 Å². The number of aliphatic hydroxyl groups excluding tert-OH is 1. The Morgan fingerprint density at radius 2 is 1.86 bits per heavy atom. The summed E-state index contributed by atoms with van der Waals surface area (Å²) in [5.74, 6) is -1.15. The molecule has 2 N–H and O–H groups in total. The van der Waals surface area contributed by atoms with Crippen LogP contribution in [0.15, 0.2) is 36.4 Å². The molecule has 0 fully saturated rings. The summed E-state index contributed by atoms with van der Waals surface area (Å²) >= 11 is 0. The van der Waals surface area contributed by atoms with Crippen molar-refractivity contribution < 1.29 is 13.9 Å². The van der Waals surface area contributed by atoms with Gasteiger partial charge in [0.15, 0.2) is 0 Å². The molecular weight excluding hydrogens is 272 g/mol. The average Bonchev–Trinajstić information content (AvgIpc) is 2.94. The fourth-order valence-electron chi connectivity index (χ4n) is 2.78. The van der Waals surface area contributed by atoms with Crippen molar-refractivity contribution in [1.29, 1.82) is 0 Å². The maximum Gasteiger partial charge on any atom is 0.129 e. The van der Waals surface area contributed by atoms with Gasteiger partial charge in [-0.15, -0.1) is 0 Å². The quantitative estimate of drug-likeness (QED) is 0.901. The van der Waals surface area contributed by atoms with Gasteiger partial charge in [-0.2, -0.15) is 0 Å². The molecule has 1 aliphatic rings. The van der Waals surface area contributed by atoms with Crippen molar-refractivity contribution >= 4 is 5.69 Å². The molecule has 0 aromatic heterocycles. The Kier molecular flexibility index (Phi) is 3.88. The van der Waals surface area contributed by atoms with Crippen LogP contribution in [0.25, 0.3) is 0 Å². The van der Waals surface area contributed by atoms with Gasteiger partial charge in [0, 0.05) is 17.8 Å². The molecule has 1 aliphatic carbocycles.